The standard InChI is InChI=1S/C13H16Cl2/c1-4-9(2)7-10(3)12-6-5-11(14)8-13(12)15/h5-9H,4H2,1-3H3. The van der Waals surface area contributed by atoms with Gasteiger partial charge in [-0.2, -0.15) is 0 Å². The largest absolute Gasteiger partial charge is 0.0843 e. The molecule has 0 aliphatic rings. The summed E-state index contributed by atoms with van der Waals surface area (Å²) in [5.74, 6) is 0.580. The van der Waals surface area contributed by atoms with Gasteiger partial charge in [0, 0.05) is 10.0 Å². The van der Waals surface area contributed by atoms with E-state index in [4.69, 9.17) is 23.2 Å². The molecule has 0 aliphatic heterocycles. The Kier molecular flexibility index (Phi) is 4.69. The first kappa shape index (κ1) is 12.6. The van der Waals surface area contributed by atoms with Gasteiger partial charge in [0.15, 0.2) is 0 Å². The quantitative estimate of drug-likeness (QED) is 0.662. The van der Waals surface area contributed by atoms with Crippen LogP contribution in [0.1, 0.15) is 32.8 Å². The van der Waals surface area contributed by atoms with Crippen molar-refractivity contribution < 1.29 is 0 Å². The zero-order valence-corrected chi connectivity index (χ0v) is 10.9. The maximum absolute atomic E-state index is 6.13. The highest BCUT2D eigenvalue weighted by molar-refractivity contribution is 6.35. The second kappa shape index (κ2) is 5.58. The van der Waals surface area contributed by atoms with Crippen molar-refractivity contribution in [3.05, 3.63) is 39.9 Å². The summed E-state index contributed by atoms with van der Waals surface area (Å²) >= 11 is 12.0. The molecular weight excluding hydrogens is 227 g/mol. The molecule has 0 nitrogen and oxygen atoms in total. The fraction of sp³-hybridized carbons (Fsp3) is 0.385. The first-order valence-corrected chi connectivity index (χ1v) is 5.94. The van der Waals surface area contributed by atoms with E-state index in [2.05, 4.69) is 26.8 Å². The molecule has 0 saturated carbocycles. The predicted octanol–water partition coefficient (Wildman–Crippen LogP) is 5.44. The van der Waals surface area contributed by atoms with Crippen LogP contribution in [-0.4, -0.2) is 0 Å². The molecule has 0 saturated heterocycles. The van der Waals surface area contributed by atoms with Crippen LogP contribution >= 0.6 is 23.2 Å². The highest BCUT2D eigenvalue weighted by Crippen LogP contribution is 2.27. The molecule has 0 N–H and O–H groups in total. The molecular formula is C13H16Cl2. The summed E-state index contributed by atoms with van der Waals surface area (Å²) in [4.78, 5) is 0. The number of allylic oxidation sites excluding steroid dienone is 2. The minimum atomic E-state index is 0.580. The summed E-state index contributed by atoms with van der Waals surface area (Å²) in [6.45, 7) is 6.46. The van der Waals surface area contributed by atoms with Crippen molar-refractivity contribution in [3.63, 3.8) is 0 Å². The molecule has 1 unspecified atom stereocenters. The smallest absolute Gasteiger partial charge is 0.0495 e. The summed E-state index contributed by atoms with van der Waals surface area (Å²) in [5.41, 5.74) is 2.28. The zero-order chi connectivity index (χ0) is 11.4. The van der Waals surface area contributed by atoms with Gasteiger partial charge in [-0.05, 0) is 36.1 Å². The van der Waals surface area contributed by atoms with Crippen molar-refractivity contribution in [2.24, 2.45) is 5.92 Å². The topological polar surface area (TPSA) is 0 Å². The van der Waals surface area contributed by atoms with Gasteiger partial charge >= 0.3 is 0 Å². The van der Waals surface area contributed by atoms with E-state index in [0.717, 1.165) is 17.0 Å². The lowest BCUT2D eigenvalue weighted by atomic mass is 10.0. The van der Waals surface area contributed by atoms with Crippen molar-refractivity contribution in [1.82, 2.24) is 0 Å². The lowest BCUT2D eigenvalue weighted by Crippen LogP contribution is -1.89. The lowest BCUT2D eigenvalue weighted by Gasteiger charge is -2.08. The van der Waals surface area contributed by atoms with E-state index in [9.17, 15) is 0 Å². The van der Waals surface area contributed by atoms with Gasteiger partial charge in [0.25, 0.3) is 0 Å². The van der Waals surface area contributed by atoms with Gasteiger partial charge in [0.1, 0.15) is 0 Å². The van der Waals surface area contributed by atoms with Gasteiger partial charge in [-0.3, -0.25) is 0 Å². The third kappa shape index (κ3) is 3.55. The molecule has 0 bridgehead atoms. The normalized spacial score (nSPS) is 14.1. The van der Waals surface area contributed by atoms with Crippen molar-refractivity contribution in [1.29, 1.82) is 0 Å². The third-order valence-corrected chi connectivity index (χ3v) is 3.08. The molecule has 0 spiro atoms. The first-order chi connectivity index (χ1) is 7.04. The highest BCUT2D eigenvalue weighted by atomic mass is 35.5. The van der Waals surface area contributed by atoms with E-state index in [1.54, 1.807) is 6.07 Å². The Bertz CT molecular complexity index is 367. The van der Waals surface area contributed by atoms with E-state index in [1.165, 1.54) is 5.57 Å². The Morgan fingerprint density at radius 3 is 2.60 bits per heavy atom. The van der Waals surface area contributed by atoms with Crippen molar-refractivity contribution in [3.8, 4) is 0 Å². The number of hydrogen-bond acceptors (Lipinski definition) is 0. The van der Waals surface area contributed by atoms with Crippen LogP contribution in [0.15, 0.2) is 24.3 Å². The van der Waals surface area contributed by atoms with Gasteiger partial charge in [0.05, 0.1) is 0 Å². The van der Waals surface area contributed by atoms with Crippen molar-refractivity contribution in [2.45, 2.75) is 27.2 Å². The lowest BCUT2D eigenvalue weighted by molar-refractivity contribution is 0.699. The molecule has 1 atom stereocenters. The van der Waals surface area contributed by atoms with E-state index in [-0.39, 0.29) is 0 Å². The van der Waals surface area contributed by atoms with Crippen molar-refractivity contribution in [2.75, 3.05) is 0 Å². The van der Waals surface area contributed by atoms with Crippen molar-refractivity contribution >= 4 is 28.8 Å². The third-order valence-electron chi connectivity index (χ3n) is 2.53. The maximum atomic E-state index is 6.13. The number of halogens is 2. The van der Waals surface area contributed by atoms with E-state index in [0.29, 0.717) is 10.9 Å². The SMILES string of the molecule is CCC(C)C=C(C)c1ccc(Cl)cc1Cl. The fourth-order valence-electron chi connectivity index (χ4n) is 1.44. The molecule has 82 valence electrons. The summed E-state index contributed by atoms with van der Waals surface area (Å²) in [6.07, 6.45) is 3.39. The Hall–Kier alpha value is -0.460. The number of benzene rings is 1. The van der Waals surface area contributed by atoms with Gasteiger partial charge in [0.2, 0.25) is 0 Å². The van der Waals surface area contributed by atoms with Gasteiger partial charge in [-0.25, -0.2) is 0 Å². The first-order valence-electron chi connectivity index (χ1n) is 5.18. The molecule has 0 aliphatic carbocycles. The highest BCUT2D eigenvalue weighted by Gasteiger charge is 2.04. The monoisotopic (exact) mass is 242 g/mol. The Morgan fingerprint density at radius 2 is 2.07 bits per heavy atom. The number of hydrogen-bond donors (Lipinski definition) is 0. The van der Waals surface area contributed by atoms with Crippen LogP contribution in [-0.2, 0) is 0 Å². The van der Waals surface area contributed by atoms with Crippen LogP contribution in [0.25, 0.3) is 5.57 Å². The average Bonchev–Trinajstić information content (AvgIpc) is 2.17. The van der Waals surface area contributed by atoms with Crippen LogP contribution in [0, 0.1) is 5.92 Å². The number of rotatable bonds is 3. The van der Waals surface area contributed by atoms with E-state index in [1.807, 2.05) is 12.1 Å². The van der Waals surface area contributed by atoms with Gasteiger partial charge in [-0.1, -0.05) is 55.6 Å². The molecule has 1 rings (SSSR count). The average molecular weight is 243 g/mol. The summed E-state index contributed by atoms with van der Waals surface area (Å²) in [7, 11) is 0. The van der Waals surface area contributed by atoms with Crippen LogP contribution in [0.4, 0.5) is 0 Å². The molecule has 0 radical (unpaired) electrons. The second-order valence-electron chi connectivity index (χ2n) is 3.86. The van der Waals surface area contributed by atoms with E-state index >= 15 is 0 Å². The van der Waals surface area contributed by atoms with Crippen LogP contribution in [0.5, 0.6) is 0 Å². The zero-order valence-electron chi connectivity index (χ0n) is 9.35. The summed E-state index contributed by atoms with van der Waals surface area (Å²) < 4.78 is 0. The van der Waals surface area contributed by atoms with Crippen LogP contribution < -0.4 is 0 Å². The minimum Gasteiger partial charge on any atom is -0.0843 e. The second-order valence-corrected chi connectivity index (χ2v) is 4.70. The van der Waals surface area contributed by atoms with Gasteiger partial charge in [-0.15, -0.1) is 0 Å². The summed E-state index contributed by atoms with van der Waals surface area (Å²) in [6, 6.07) is 5.63. The van der Waals surface area contributed by atoms with Crippen LogP contribution in [0.2, 0.25) is 10.0 Å². The Balaban J connectivity index is 3.01. The molecule has 1 aromatic rings. The van der Waals surface area contributed by atoms with Gasteiger partial charge < -0.3 is 0 Å². The Morgan fingerprint density at radius 1 is 1.40 bits per heavy atom. The molecule has 0 heterocycles. The van der Waals surface area contributed by atoms with E-state index < -0.39 is 0 Å². The van der Waals surface area contributed by atoms with Crippen LogP contribution in [0.3, 0.4) is 0 Å². The fourth-order valence-corrected chi connectivity index (χ4v) is 2.00. The molecule has 0 amide bonds. The molecule has 0 aromatic heterocycles. The molecule has 0 fully saturated rings. The predicted molar refractivity (Wildman–Crippen MR) is 69.6 cm³/mol. The Labute approximate surface area is 102 Å². The molecule has 1 aromatic carbocycles. The maximum Gasteiger partial charge on any atom is 0.0495 e. The molecule has 15 heavy (non-hydrogen) atoms. The molecule has 2 heteroatoms. The minimum absolute atomic E-state index is 0.580. The summed E-state index contributed by atoms with van der Waals surface area (Å²) in [5, 5.41) is 1.40.